The van der Waals surface area contributed by atoms with Gasteiger partial charge < -0.3 is 15.4 Å². The maximum Gasteiger partial charge on any atom is 0.0921 e. The zero-order chi connectivity index (χ0) is 11.1. The minimum absolute atomic E-state index is 0.00792. The number of nitrogens with zero attached hydrogens (tertiary/aromatic N) is 1. The van der Waals surface area contributed by atoms with E-state index < -0.39 is 0 Å². The molecule has 0 aliphatic heterocycles. The van der Waals surface area contributed by atoms with Gasteiger partial charge in [-0.05, 0) is 6.42 Å². The molecule has 1 rings (SSSR count). The van der Waals surface area contributed by atoms with E-state index in [1.165, 1.54) is 0 Å². The SMILES string of the molecule is CCC(C)(CO)CNCCc1cnc[nH]1. The Hall–Kier alpha value is -0.870. The molecule has 4 heteroatoms. The highest BCUT2D eigenvalue weighted by atomic mass is 16.3. The average Bonchev–Trinajstić information content (AvgIpc) is 2.77. The van der Waals surface area contributed by atoms with Gasteiger partial charge >= 0.3 is 0 Å². The summed E-state index contributed by atoms with van der Waals surface area (Å²) in [4.78, 5) is 7.02. The van der Waals surface area contributed by atoms with E-state index >= 15 is 0 Å². The highest BCUT2D eigenvalue weighted by Gasteiger charge is 2.19. The zero-order valence-electron chi connectivity index (χ0n) is 9.58. The van der Waals surface area contributed by atoms with Crippen molar-refractivity contribution in [2.45, 2.75) is 26.7 Å². The van der Waals surface area contributed by atoms with Crippen LogP contribution in [-0.2, 0) is 6.42 Å². The van der Waals surface area contributed by atoms with Gasteiger partial charge in [0.25, 0.3) is 0 Å². The quantitative estimate of drug-likeness (QED) is 0.588. The lowest BCUT2D eigenvalue weighted by Crippen LogP contribution is -2.35. The van der Waals surface area contributed by atoms with Gasteiger partial charge in [0.05, 0.1) is 6.33 Å². The van der Waals surface area contributed by atoms with Gasteiger partial charge in [0.2, 0.25) is 0 Å². The molecule has 0 aromatic carbocycles. The summed E-state index contributed by atoms with van der Waals surface area (Å²) in [6.07, 6.45) is 5.47. The summed E-state index contributed by atoms with van der Waals surface area (Å²) < 4.78 is 0. The van der Waals surface area contributed by atoms with Gasteiger partial charge in [-0.2, -0.15) is 0 Å². The van der Waals surface area contributed by atoms with Gasteiger partial charge in [0, 0.05) is 43.4 Å². The van der Waals surface area contributed by atoms with Crippen molar-refractivity contribution >= 4 is 0 Å². The zero-order valence-corrected chi connectivity index (χ0v) is 9.58. The van der Waals surface area contributed by atoms with E-state index in [4.69, 9.17) is 0 Å². The summed E-state index contributed by atoms with van der Waals surface area (Å²) in [7, 11) is 0. The third kappa shape index (κ3) is 4.01. The van der Waals surface area contributed by atoms with Gasteiger partial charge in [-0.15, -0.1) is 0 Å². The fourth-order valence-corrected chi connectivity index (χ4v) is 1.33. The van der Waals surface area contributed by atoms with E-state index in [1.54, 1.807) is 6.33 Å². The second-order valence-electron chi connectivity index (χ2n) is 4.33. The average molecular weight is 211 g/mol. The molecule has 0 aliphatic rings. The highest BCUT2D eigenvalue weighted by Crippen LogP contribution is 2.18. The lowest BCUT2D eigenvalue weighted by Gasteiger charge is -2.25. The number of nitrogens with one attached hydrogen (secondary N) is 2. The first-order valence-electron chi connectivity index (χ1n) is 5.49. The number of H-pyrrole nitrogens is 1. The molecule has 0 aliphatic carbocycles. The fraction of sp³-hybridized carbons (Fsp3) is 0.727. The van der Waals surface area contributed by atoms with E-state index in [0.29, 0.717) is 0 Å². The molecule has 4 nitrogen and oxygen atoms in total. The van der Waals surface area contributed by atoms with E-state index in [9.17, 15) is 5.11 Å². The van der Waals surface area contributed by atoms with Crippen molar-refractivity contribution in [1.29, 1.82) is 0 Å². The third-order valence-electron chi connectivity index (χ3n) is 2.91. The van der Waals surface area contributed by atoms with Crippen LogP contribution < -0.4 is 5.32 Å². The van der Waals surface area contributed by atoms with Gasteiger partial charge in [-0.3, -0.25) is 0 Å². The Morgan fingerprint density at radius 1 is 1.60 bits per heavy atom. The number of aromatic amines is 1. The molecule has 3 N–H and O–H groups in total. The van der Waals surface area contributed by atoms with Crippen molar-refractivity contribution in [2.24, 2.45) is 5.41 Å². The van der Waals surface area contributed by atoms with Crippen molar-refractivity contribution in [3.63, 3.8) is 0 Å². The van der Waals surface area contributed by atoms with Crippen LogP contribution >= 0.6 is 0 Å². The highest BCUT2D eigenvalue weighted by molar-refractivity contribution is 4.94. The molecule has 1 unspecified atom stereocenters. The molecule has 86 valence electrons. The molecular formula is C11H21N3O. The molecule has 0 radical (unpaired) electrons. The normalized spacial score (nSPS) is 15.1. The monoisotopic (exact) mass is 211 g/mol. The second-order valence-corrected chi connectivity index (χ2v) is 4.33. The molecule has 1 atom stereocenters. The number of aliphatic hydroxyl groups is 1. The molecular weight excluding hydrogens is 190 g/mol. The Labute approximate surface area is 91.1 Å². The Kier molecular flexibility index (Phi) is 4.78. The summed E-state index contributed by atoms with van der Waals surface area (Å²) >= 11 is 0. The molecule has 1 aromatic heterocycles. The number of hydrogen-bond donors (Lipinski definition) is 3. The largest absolute Gasteiger partial charge is 0.396 e. The predicted octanol–water partition coefficient (Wildman–Crippen LogP) is 0.950. The molecule has 1 heterocycles. The fourth-order valence-electron chi connectivity index (χ4n) is 1.33. The van der Waals surface area contributed by atoms with Crippen LogP contribution in [0.4, 0.5) is 0 Å². The topological polar surface area (TPSA) is 60.9 Å². The first kappa shape index (κ1) is 12.2. The van der Waals surface area contributed by atoms with Gasteiger partial charge in [0.15, 0.2) is 0 Å². The number of hydrogen-bond acceptors (Lipinski definition) is 3. The van der Waals surface area contributed by atoms with Crippen molar-refractivity contribution in [1.82, 2.24) is 15.3 Å². The van der Waals surface area contributed by atoms with Crippen LogP contribution in [0.2, 0.25) is 0 Å². The van der Waals surface area contributed by atoms with Crippen LogP contribution in [0.25, 0.3) is 0 Å². The summed E-state index contributed by atoms with van der Waals surface area (Å²) in [6, 6.07) is 0. The van der Waals surface area contributed by atoms with E-state index in [2.05, 4.69) is 29.1 Å². The molecule has 0 amide bonds. The Morgan fingerprint density at radius 3 is 2.93 bits per heavy atom. The van der Waals surface area contributed by atoms with Gasteiger partial charge in [0.1, 0.15) is 0 Å². The molecule has 1 aromatic rings. The number of aromatic nitrogens is 2. The maximum absolute atomic E-state index is 9.21. The molecule has 0 spiro atoms. The molecule has 0 saturated carbocycles. The Balaban J connectivity index is 2.16. The number of aliphatic hydroxyl groups excluding tert-OH is 1. The smallest absolute Gasteiger partial charge is 0.0921 e. The summed E-state index contributed by atoms with van der Waals surface area (Å²) in [5.41, 5.74) is 1.15. The number of rotatable bonds is 7. The first-order valence-corrected chi connectivity index (χ1v) is 5.49. The van der Waals surface area contributed by atoms with Crippen LogP contribution in [0.3, 0.4) is 0 Å². The van der Waals surface area contributed by atoms with E-state index in [-0.39, 0.29) is 12.0 Å². The van der Waals surface area contributed by atoms with Crippen LogP contribution in [0.15, 0.2) is 12.5 Å². The molecule has 0 fully saturated rings. The lowest BCUT2D eigenvalue weighted by molar-refractivity contribution is 0.136. The summed E-state index contributed by atoms with van der Waals surface area (Å²) in [5, 5.41) is 12.6. The Bertz CT molecular complexity index is 255. The van der Waals surface area contributed by atoms with Crippen LogP contribution in [0, 0.1) is 5.41 Å². The minimum Gasteiger partial charge on any atom is -0.396 e. The van der Waals surface area contributed by atoms with Crippen LogP contribution in [0.5, 0.6) is 0 Å². The third-order valence-corrected chi connectivity index (χ3v) is 2.91. The van der Waals surface area contributed by atoms with Crippen molar-refractivity contribution in [2.75, 3.05) is 19.7 Å². The first-order chi connectivity index (χ1) is 7.20. The van der Waals surface area contributed by atoms with E-state index in [0.717, 1.165) is 31.6 Å². The Morgan fingerprint density at radius 2 is 2.40 bits per heavy atom. The van der Waals surface area contributed by atoms with Gasteiger partial charge in [-0.1, -0.05) is 13.8 Å². The lowest BCUT2D eigenvalue weighted by atomic mass is 9.89. The van der Waals surface area contributed by atoms with Crippen molar-refractivity contribution in [3.8, 4) is 0 Å². The van der Waals surface area contributed by atoms with Crippen LogP contribution in [0.1, 0.15) is 26.0 Å². The molecule has 0 bridgehead atoms. The van der Waals surface area contributed by atoms with E-state index in [1.807, 2.05) is 6.20 Å². The van der Waals surface area contributed by atoms with Gasteiger partial charge in [-0.25, -0.2) is 4.98 Å². The minimum atomic E-state index is 0.00792. The second kappa shape index (κ2) is 5.88. The predicted molar refractivity (Wildman–Crippen MR) is 60.6 cm³/mol. The van der Waals surface area contributed by atoms with Crippen LogP contribution in [-0.4, -0.2) is 34.8 Å². The summed E-state index contributed by atoms with van der Waals surface area (Å²) in [6.45, 7) is 6.20. The standard InChI is InChI=1S/C11H21N3O/c1-3-11(2,8-15)7-12-5-4-10-6-13-9-14-10/h6,9,12,15H,3-5,7-8H2,1-2H3,(H,13,14). The number of imidazole rings is 1. The maximum atomic E-state index is 9.21. The van der Waals surface area contributed by atoms with Crippen molar-refractivity contribution in [3.05, 3.63) is 18.2 Å². The molecule has 0 saturated heterocycles. The summed E-state index contributed by atoms with van der Waals surface area (Å²) in [5.74, 6) is 0. The molecule has 15 heavy (non-hydrogen) atoms. The van der Waals surface area contributed by atoms with Crippen molar-refractivity contribution < 1.29 is 5.11 Å².